The summed E-state index contributed by atoms with van der Waals surface area (Å²) in [5, 5.41) is 2.80. The summed E-state index contributed by atoms with van der Waals surface area (Å²) >= 11 is 1.72. The van der Waals surface area contributed by atoms with E-state index in [1.807, 2.05) is 0 Å². The molecule has 1 aliphatic heterocycles. The minimum atomic E-state index is -3.01. The first-order valence-electron chi connectivity index (χ1n) is 6.22. The van der Waals surface area contributed by atoms with Crippen LogP contribution in [0.4, 0.5) is 0 Å². The Morgan fingerprint density at radius 3 is 2.94 bits per heavy atom. The summed E-state index contributed by atoms with van der Waals surface area (Å²) in [6.45, 7) is 5.85. The molecule has 1 rings (SSSR count). The SMILES string of the molecule is C#CCNCC(C)N1CCSCC1S(=O)(=O)CC. The lowest BCUT2D eigenvalue weighted by Gasteiger charge is -2.38. The number of hydrogen-bond acceptors (Lipinski definition) is 5. The third-order valence-corrected chi connectivity index (χ3v) is 6.48. The monoisotopic (exact) mass is 290 g/mol. The third kappa shape index (κ3) is 4.16. The number of terminal acetylenes is 1. The number of thioether (sulfide) groups is 1. The maximum Gasteiger partial charge on any atom is 0.166 e. The Morgan fingerprint density at radius 2 is 2.33 bits per heavy atom. The lowest BCUT2D eigenvalue weighted by Crippen LogP contribution is -2.54. The van der Waals surface area contributed by atoms with Gasteiger partial charge < -0.3 is 5.32 Å². The van der Waals surface area contributed by atoms with E-state index >= 15 is 0 Å². The van der Waals surface area contributed by atoms with Gasteiger partial charge >= 0.3 is 0 Å². The van der Waals surface area contributed by atoms with Crippen molar-refractivity contribution in [1.82, 2.24) is 10.2 Å². The minimum Gasteiger partial charge on any atom is -0.305 e. The maximum atomic E-state index is 12.1. The van der Waals surface area contributed by atoms with E-state index < -0.39 is 9.84 Å². The fourth-order valence-corrected chi connectivity index (χ4v) is 5.20. The fraction of sp³-hybridized carbons (Fsp3) is 0.833. The van der Waals surface area contributed by atoms with Crippen molar-refractivity contribution in [2.45, 2.75) is 25.3 Å². The van der Waals surface area contributed by atoms with Crippen molar-refractivity contribution in [1.29, 1.82) is 0 Å². The van der Waals surface area contributed by atoms with Gasteiger partial charge in [-0.3, -0.25) is 4.90 Å². The van der Waals surface area contributed by atoms with Crippen molar-refractivity contribution in [2.24, 2.45) is 0 Å². The number of sulfone groups is 1. The van der Waals surface area contributed by atoms with E-state index in [4.69, 9.17) is 6.42 Å². The van der Waals surface area contributed by atoms with E-state index in [0.29, 0.717) is 12.3 Å². The topological polar surface area (TPSA) is 49.4 Å². The van der Waals surface area contributed by atoms with Crippen molar-refractivity contribution < 1.29 is 8.42 Å². The van der Waals surface area contributed by atoms with Gasteiger partial charge in [0.05, 0.1) is 6.54 Å². The van der Waals surface area contributed by atoms with E-state index in [9.17, 15) is 8.42 Å². The number of nitrogens with zero attached hydrogens (tertiary/aromatic N) is 1. The Labute approximate surface area is 115 Å². The number of nitrogens with one attached hydrogen (secondary N) is 1. The molecule has 0 aromatic carbocycles. The van der Waals surface area contributed by atoms with Gasteiger partial charge in [-0.25, -0.2) is 8.42 Å². The molecule has 6 heteroatoms. The molecule has 0 bridgehead atoms. The molecule has 2 atom stereocenters. The highest BCUT2D eigenvalue weighted by Gasteiger charge is 2.35. The summed E-state index contributed by atoms with van der Waals surface area (Å²) < 4.78 is 24.2. The molecular formula is C12H22N2O2S2. The second kappa shape index (κ2) is 7.39. The molecule has 1 N–H and O–H groups in total. The zero-order valence-electron chi connectivity index (χ0n) is 11.1. The molecule has 0 spiro atoms. The molecule has 0 aromatic heterocycles. The molecule has 0 aliphatic carbocycles. The normalized spacial score (nSPS) is 23.5. The fourth-order valence-electron chi connectivity index (χ4n) is 2.07. The van der Waals surface area contributed by atoms with Gasteiger partial charge in [0.1, 0.15) is 5.37 Å². The van der Waals surface area contributed by atoms with Crippen LogP contribution in [0.15, 0.2) is 0 Å². The van der Waals surface area contributed by atoms with Crippen LogP contribution < -0.4 is 5.32 Å². The highest BCUT2D eigenvalue weighted by molar-refractivity contribution is 8.01. The van der Waals surface area contributed by atoms with Crippen LogP contribution in [0.3, 0.4) is 0 Å². The standard InChI is InChI=1S/C12H22N2O2S2/c1-4-6-13-9-11(3)14-7-8-17-10-12(14)18(15,16)5-2/h1,11-13H,5-10H2,2-3H3. The number of rotatable bonds is 6. The van der Waals surface area contributed by atoms with Crippen molar-refractivity contribution >= 4 is 21.6 Å². The summed E-state index contributed by atoms with van der Waals surface area (Å²) in [6, 6.07) is 0.186. The van der Waals surface area contributed by atoms with Crippen LogP contribution in [-0.2, 0) is 9.84 Å². The predicted octanol–water partition coefficient (Wildman–Crippen LogP) is 0.407. The average molecular weight is 290 g/mol. The number of hydrogen-bond donors (Lipinski definition) is 1. The first kappa shape index (κ1) is 15.8. The molecular weight excluding hydrogens is 268 g/mol. The van der Waals surface area contributed by atoms with Crippen molar-refractivity contribution in [3.63, 3.8) is 0 Å². The Balaban J connectivity index is 2.68. The largest absolute Gasteiger partial charge is 0.305 e. The molecule has 0 aromatic rings. The molecule has 1 heterocycles. The molecule has 0 radical (unpaired) electrons. The quantitative estimate of drug-likeness (QED) is 0.567. The van der Waals surface area contributed by atoms with Crippen LogP contribution >= 0.6 is 11.8 Å². The van der Waals surface area contributed by atoms with Gasteiger partial charge in [-0.2, -0.15) is 11.8 Å². The lowest BCUT2D eigenvalue weighted by molar-refractivity contribution is 0.202. The summed E-state index contributed by atoms with van der Waals surface area (Å²) in [4.78, 5) is 2.10. The summed E-state index contributed by atoms with van der Waals surface area (Å²) in [6.07, 6.45) is 5.19. The van der Waals surface area contributed by atoms with Gasteiger partial charge in [0.2, 0.25) is 0 Å². The second-order valence-electron chi connectivity index (χ2n) is 4.40. The zero-order valence-corrected chi connectivity index (χ0v) is 12.7. The summed E-state index contributed by atoms with van der Waals surface area (Å²) in [7, 11) is -3.01. The van der Waals surface area contributed by atoms with Crippen molar-refractivity contribution in [3.8, 4) is 12.3 Å². The van der Waals surface area contributed by atoms with E-state index in [1.54, 1.807) is 18.7 Å². The highest BCUT2D eigenvalue weighted by atomic mass is 32.2. The first-order valence-corrected chi connectivity index (χ1v) is 9.09. The Bertz CT molecular complexity index is 389. The van der Waals surface area contributed by atoms with Gasteiger partial charge in [0.15, 0.2) is 9.84 Å². The molecule has 104 valence electrons. The Kier molecular flexibility index (Phi) is 6.50. The van der Waals surface area contributed by atoms with E-state index in [-0.39, 0.29) is 17.2 Å². The van der Waals surface area contributed by atoms with E-state index in [0.717, 1.165) is 18.8 Å². The van der Waals surface area contributed by atoms with Crippen LogP contribution in [-0.4, -0.2) is 61.6 Å². The van der Waals surface area contributed by atoms with Crippen LogP contribution in [0.2, 0.25) is 0 Å². The van der Waals surface area contributed by atoms with Gasteiger partial charge in [-0.1, -0.05) is 12.8 Å². The Morgan fingerprint density at radius 1 is 1.61 bits per heavy atom. The first-order chi connectivity index (χ1) is 8.53. The molecule has 0 saturated carbocycles. The van der Waals surface area contributed by atoms with Gasteiger partial charge in [-0.05, 0) is 6.92 Å². The predicted molar refractivity (Wildman–Crippen MR) is 78.4 cm³/mol. The second-order valence-corrected chi connectivity index (χ2v) is 8.00. The average Bonchev–Trinajstić information content (AvgIpc) is 2.39. The molecule has 1 fully saturated rings. The summed E-state index contributed by atoms with van der Waals surface area (Å²) in [5.41, 5.74) is 0. The van der Waals surface area contributed by atoms with Crippen LogP contribution in [0.5, 0.6) is 0 Å². The lowest BCUT2D eigenvalue weighted by atomic mass is 10.2. The molecule has 1 aliphatic rings. The molecule has 2 unspecified atom stereocenters. The van der Waals surface area contributed by atoms with Gasteiger partial charge in [0, 0.05) is 36.4 Å². The molecule has 1 saturated heterocycles. The van der Waals surface area contributed by atoms with Gasteiger partial charge in [-0.15, -0.1) is 6.42 Å². The van der Waals surface area contributed by atoms with E-state index in [2.05, 4.69) is 23.1 Å². The molecule has 18 heavy (non-hydrogen) atoms. The zero-order chi connectivity index (χ0) is 13.6. The summed E-state index contributed by atoms with van der Waals surface area (Å²) in [5.74, 6) is 4.41. The van der Waals surface area contributed by atoms with Crippen molar-refractivity contribution in [2.75, 3.05) is 36.9 Å². The minimum absolute atomic E-state index is 0.186. The highest BCUT2D eigenvalue weighted by Crippen LogP contribution is 2.23. The smallest absolute Gasteiger partial charge is 0.166 e. The van der Waals surface area contributed by atoms with Crippen molar-refractivity contribution in [3.05, 3.63) is 0 Å². The molecule has 4 nitrogen and oxygen atoms in total. The molecule has 0 amide bonds. The van der Waals surface area contributed by atoms with E-state index in [1.165, 1.54) is 0 Å². The maximum absolute atomic E-state index is 12.1. The third-order valence-electron chi connectivity index (χ3n) is 3.17. The van der Waals surface area contributed by atoms with Crippen LogP contribution in [0.1, 0.15) is 13.8 Å². The van der Waals surface area contributed by atoms with Gasteiger partial charge in [0.25, 0.3) is 0 Å². The Hall–Kier alpha value is -0.220. The van der Waals surface area contributed by atoms with Crippen LogP contribution in [0.25, 0.3) is 0 Å². The van der Waals surface area contributed by atoms with Crippen LogP contribution in [0, 0.1) is 12.3 Å².